The molecule has 0 aromatic carbocycles. The lowest BCUT2D eigenvalue weighted by molar-refractivity contribution is 0.382. The molecule has 0 bridgehead atoms. The molecule has 0 radical (unpaired) electrons. The van der Waals surface area contributed by atoms with Crippen LogP contribution in [0, 0.1) is 24.2 Å². The summed E-state index contributed by atoms with van der Waals surface area (Å²) in [6.07, 6.45) is 7.82. The van der Waals surface area contributed by atoms with Gasteiger partial charge >= 0.3 is 0 Å². The van der Waals surface area contributed by atoms with Crippen LogP contribution in [0.4, 0.5) is 0 Å². The molecule has 0 aromatic heterocycles. The molecule has 3 atom stereocenters. The van der Waals surface area contributed by atoms with Gasteiger partial charge in [0, 0.05) is 6.04 Å². The first-order valence-electron chi connectivity index (χ1n) is 4.42. The molecule has 1 nitrogen and oxygen atoms in total. The first-order valence-corrected chi connectivity index (χ1v) is 4.42. The van der Waals surface area contributed by atoms with Crippen LogP contribution < -0.4 is 5.32 Å². The highest BCUT2D eigenvalue weighted by Crippen LogP contribution is 2.30. The first-order chi connectivity index (χ1) is 5.25. The van der Waals surface area contributed by atoms with Crippen LogP contribution in [0.15, 0.2) is 0 Å². The molecule has 0 aliphatic heterocycles. The average Bonchev–Trinajstić information content (AvgIpc) is 2.31. The van der Waals surface area contributed by atoms with Crippen LogP contribution in [0.1, 0.15) is 26.7 Å². The van der Waals surface area contributed by atoms with Crippen LogP contribution in [-0.2, 0) is 0 Å². The van der Waals surface area contributed by atoms with Crippen molar-refractivity contribution in [3.8, 4) is 12.3 Å². The highest BCUT2D eigenvalue weighted by molar-refractivity contribution is 4.92. The van der Waals surface area contributed by atoms with Crippen LogP contribution >= 0.6 is 0 Å². The van der Waals surface area contributed by atoms with Gasteiger partial charge in [0.1, 0.15) is 0 Å². The molecule has 0 amide bonds. The molecule has 0 saturated heterocycles. The van der Waals surface area contributed by atoms with E-state index < -0.39 is 0 Å². The lowest BCUT2D eigenvalue weighted by atomic mass is 9.98. The third-order valence-electron chi connectivity index (χ3n) is 2.93. The van der Waals surface area contributed by atoms with Crippen molar-refractivity contribution in [1.29, 1.82) is 0 Å². The lowest BCUT2D eigenvalue weighted by Crippen LogP contribution is -2.32. The Morgan fingerprint density at radius 3 is 2.64 bits per heavy atom. The van der Waals surface area contributed by atoms with E-state index >= 15 is 0 Å². The lowest BCUT2D eigenvalue weighted by Gasteiger charge is -2.17. The molecule has 1 aliphatic carbocycles. The van der Waals surface area contributed by atoms with Gasteiger partial charge in [0.05, 0.1) is 6.54 Å². The van der Waals surface area contributed by atoms with E-state index in [1.807, 2.05) is 0 Å². The molecule has 62 valence electrons. The smallest absolute Gasteiger partial charge is 0.0576 e. The minimum Gasteiger partial charge on any atom is -0.303 e. The molecule has 1 fully saturated rings. The molecular weight excluding hydrogens is 134 g/mol. The van der Waals surface area contributed by atoms with Crippen molar-refractivity contribution in [2.75, 3.05) is 6.54 Å². The van der Waals surface area contributed by atoms with E-state index in [1.54, 1.807) is 0 Å². The summed E-state index contributed by atoms with van der Waals surface area (Å²) in [5.74, 6) is 4.28. The minimum atomic E-state index is 0.668. The van der Waals surface area contributed by atoms with Crippen molar-refractivity contribution in [2.24, 2.45) is 11.8 Å². The van der Waals surface area contributed by atoms with Gasteiger partial charge in [0.2, 0.25) is 0 Å². The van der Waals surface area contributed by atoms with Crippen LogP contribution in [0.5, 0.6) is 0 Å². The minimum absolute atomic E-state index is 0.668. The Bertz CT molecular complexity index is 157. The van der Waals surface area contributed by atoms with Gasteiger partial charge < -0.3 is 5.32 Å². The topological polar surface area (TPSA) is 12.0 Å². The number of hydrogen-bond acceptors (Lipinski definition) is 1. The van der Waals surface area contributed by atoms with Crippen molar-refractivity contribution in [1.82, 2.24) is 5.32 Å². The van der Waals surface area contributed by atoms with E-state index in [4.69, 9.17) is 6.42 Å². The largest absolute Gasteiger partial charge is 0.303 e. The highest BCUT2D eigenvalue weighted by atomic mass is 14.9. The van der Waals surface area contributed by atoms with E-state index in [0.29, 0.717) is 6.04 Å². The van der Waals surface area contributed by atoms with Crippen molar-refractivity contribution in [3.63, 3.8) is 0 Å². The van der Waals surface area contributed by atoms with Gasteiger partial charge in [-0.05, 0) is 24.7 Å². The maximum Gasteiger partial charge on any atom is 0.0576 e. The molecule has 1 aliphatic rings. The molecule has 1 saturated carbocycles. The molecule has 0 spiro atoms. The van der Waals surface area contributed by atoms with E-state index in [2.05, 4.69) is 25.1 Å². The van der Waals surface area contributed by atoms with Crippen molar-refractivity contribution in [3.05, 3.63) is 0 Å². The molecule has 3 unspecified atom stereocenters. The van der Waals surface area contributed by atoms with Crippen LogP contribution in [0.2, 0.25) is 0 Å². The van der Waals surface area contributed by atoms with Gasteiger partial charge in [-0.3, -0.25) is 0 Å². The van der Waals surface area contributed by atoms with Gasteiger partial charge in [-0.2, -0.15) is 0 Å². The fraction of sp³-hybridized carbons (Fsp3) is 0.800. The zero-order valence-electron chi connectivity index (χ0n) is 7.43. The van der Waals surface area contributed by atoms with E-state index in [1.165, 1.54) is 12.8 Å². The molecule has 1 N–H and O–H groups in total. The zero-order valence-corrected chi connectivity index (χ0v) is 7.43. The maximum atomic E-state index is 5.17. The Labute approximate surface area is 69.6 Å². The Morgan fingerprint density at radius 1 is 1.45 bits per heavy atom. The fourth-order valence-corrected chi connectivity index (χ4v) is 1.84. The van der Waals surface area contributed by atoms with Crippen molar-refractivity contribution in [2.45, 2.75) is 32.7 Å². The van der Waals surface area contributed by atoms with Crippen LogP contribution in [0.25, 0.3) is 0 Å². The third-order valence-corrected chi connectivity index (χ3v) is 2.93. The summed E-state index contributed by atoms with van der Waals surface area (Å²) in [5.41, 5.74) is 0. The van der Waals surface area contributed by atoms with E-state index in [0.717, 1.165) is 18.4 Å². The normalized spacial score (nSPS) is 37.0. The number of nitrogens with one attached hydrogen (secondary N) is 1. The van der Waals surface area contributed by atoms with Gasteiger partial charge in [-0.1, -0.05) is 19.8 Å². The Morgan fingerprint density at radius 2 is 2.18 bits per heavy atom. The summed E-state index contributed by atoms with van der Waals surface area (Å²) in [6.45, 7) is 5.36. The number of hydrogen-bond donors (Lipinski definition) is 1. The quantitative estimate of drug-likeness (QED) is 0.592. The maximum absolute atomic E-state index is 5.17. The van der Waals surface area contributed by atoms with E-state index in [-0.39, 0.29) is 0 Å². The number of rotatable bonds is 2. The average molecular weight is 151 g/mol. The first kappa shape index (κ1) is 8.62. The second kappa shape index (κ2) is 3.78. The Hall–Kier alpha value is -0.480. The van der Waals surface area contributed by atoms with Crippen LogP contribution in [0.3, 0.4) is 0 Å². The van der Waals surface area contributed by atoms with E-state index in [9.17, 15) is 0 Å². The van der Waals surface area contributed by atoms with Crippen molar-refractivity contribution >= 4 is 0 Å². The predicted octanol–water partition coefficient (Wildman–Crippen LogP) is 1.64. The summed E-state index contributed by atoms with van der Waals surface area (Å²) in [4.78, 5) is 0. The zero-order chi connectivity index (χ0) is 8.27. The Kier molecular flexibility index (Phi) is 2.96. The van der Waals surface area contributed by atoms with Gasteiger partial charge in [0.25, 0.3) is 0 Å². The highest BCUT2D eigenvalue weighted by Gasteiger charge is 2.28. The molecule has 1 rings (SSSR count). The summed E-state index contributed by atoms with van der Waals surface area (Å²) < 4.78 is 0. The van der Waals surface area contributed by atoms with Gasteiger partial charge in [-0.15, -0.1) is 6.42 Å². The van der Waals surface area contributed by atoms with Crippen LogP contribution in [-0.4, -0.2) is 12.6 Å². The number of terminal acetylenes is 1. The second-order valence-electron chi connectivity index (χ2n) is 3.61. The van der Waals surface area contributed by atoms with Gasteiger partial charge in [-0.25, -0.2) is 0 Å². The predicted molar refractivity (Wildman–Crippen MR) is 48.2 cm³/mol. The SMILES string of the molecule is C#CCNC1CCC(C)C1C. The molecule has 11 heavy (non-hydrogen) atoms. The second-order valence-corrected chi connectivity index (χ2v) is 3.61. The molecule has 0 heterocycles. The van der Waals surface area contributed by atoms with Crippen molar-refractivity contribution < 1.29 is 0 Å². The summed E-state index contributed by atoms with van der Waals surface area (Å²) in [7, 11) is 0. The third kappa shape index (κ3) is 1.97. The molecular formula is C10H17N. The molecule has 0 aromatic rings. The monoisotopic (exact) mass is 151 g/mol. The Balaban J connectivity index is 2.31. The summed E-state index contributed by atoms with van der Waals surface area (Å²) in [5, 5.41) is 3.38. The molecule has 1 heteroatoms. The fourth-order valence-electron chi connectivity index (χ4n) is 1.84. The summed E-state index contributed by atoms with van der Waals surface area (Å²) >= 11 is 0. The standard InChI is InChI=1S/C10H17N/c1-4-7-11-10-6-5-8(2)9(10)3/h1,8-11H,5-7H2,2-3H3. The van der Waals surface area contributed by atoms with Gasteiger partial charge in [0.15, 0.2) is 0 Å². The summed E-state index contributed by atoms with van der Waals surface area (Å²) in [6, 6.07) is 0.668.